The first-order chi connectivity index (χ1) is 5.08. The number of imidazole rings is 1. The maximum Gasteiger partial charge on any atom is 0.0925 e. The summed E-state index contributed by atoms with van der Waals surface area (Å²) in [6.07, 6.45) is 2.89. The summed E-state index contributed by atoms with van der Waals surface area (Å²) in [6.45, 7) is 8.69. The largest absolute Gasteiger partial charge is 0.348 e. The third-order valence-corrected chi connectivity index (χ3v) is 2.35. The Bertz CT molecular complexity index is 235. The van der Waals surface area contributed by atoms with Crippen LogP contribution in [0.2, 0.25) is 0 Å². The number of aromatic amines is 1. The molecule has 0 atom stereocenters. The SMILES string of the molecule is CCC(C)(C)c1nc[nH]c1C. The number of rotatable bonds is 2. The van der Waals surface area contributed by atoms with E-state index in [1.807, 2.05) is 0 Å². The maximum atomic E-state index is 4.30. The van der Waals surface area contributed by atoms with Crippen molar-refractivity contribution in [3.8, 4) is 0 Å². The van der Waals surface area contributed by atoms with Crippen LogP contribution in [-0.4, -0.2) is 9.97 Å². The van der Waals surface area contributed by atoms with Crippen LogP contribution >= 0.6 is 0 Å². The lowest BCUT2D eigenvalue weighted by molar-refractivity contribution is 0.489. The molecule has 0 bridgehead atoms. The van der Waals surface area contributed by atoms with Gasteiger partial charge in [-0.2, -0.15) is 0 Å². The highest BCUT2D eigenvalue weighted by Gasteiger charge is 2.22. The molecule has 1 N–H and O–H groups in total. The van der Waals surface area contributed by atoms with Crippen molar-refractivity contribution in [1.29, 1.82) is 0 Å². The van der Waals surface area contributed by atoms with Crippen molar-refractivity contribution in [2.45, 2.75) is 39.5 Å². The molecule has 1 aromatic heterocycles. The zero-order valence-electron chi connectivity index (χ0n) is 7.73. The molecule has 62 valence electrons. The normalized spacial score (nSPS) is 12.0. The Hall–Kier alpha value is -0.790. The lowest BCUT2D eigenvalue weighted by Crippen LogP contribution is -2.17. The van der Waals surface area contributed by atoms with Crippen molar-refractivity contribution in [3.63, 3.8) is 0 Å². The van der Waals surface area contributed by atoms with Gasteiger partial charge in [-0.15, -0.1) is 0 Å². The summed E-state index contributed by atoms with van der Waals surface area (Å²) in [6, 6.07) is 0. The third-order valence-electron chi connectivity index (χ3n) is 2.35. The Morgan fingerprint density at radius 1 is 1.55 bits per heavy atom. The number of hydrogen-bond donors (Lipinski definition) is 1. The summed E-state index contributed by atoms with van der Waals surface area (Å²) in [7, 11) is 0. The van der Waals surface area contributed by atoms with E-state index >= 15 is 0 Å². The van der Waals surface area contributed by atoms with Gasteiger partial charge in [0, 0.05) is 11.1 Å². The van der Waals surface area contributed by atoms with E-state index in [1.165, 1.54) is 11.4 Å². The van der Waals surface area contributed by atoms with Crippen LogP contribution in [0.4, 0.5) is 0 Å². The fourth-order valence-corrected chi connectivity index (χ4v) is 1.21. The Morgan fingerprint density at radius 2 is 2.18 bits per heavy atom. The molecule has 1 heterocycles. The first kappa shape index (κ1) is 8.31. The molecule has 2 nitrogen and oxygen atoms in total. The Balaban J connectivity index is 3.00. The number of nitrogens with one attached hydrogen (secondary N) is 1. The van der Waals surface area contributed by atoms with E-state index in [2.05, 4.69) is 37.7 Å². The molecule has 0 aliphatic rings. The molecule has 0 aromatic carbocycles. The molecule has 0 saturated heterocycles. The van der Waals surface area contributed by atoms with Crippen molar-refractivity contribution in [1.82, 2.24) is 9.97 Å². The average molecular weight is 152 g/mol. The Labute approximate surface area is 68.0 Å². The van der Waals surface area contributed by atoms with Gasteiger partial charge in [0.25, 0.3) is 0 Å². The molecule has 0 spiro atoms. The third kappa shape index (κ3) is 1.44. The smallest absolute Gasteiger partial charge is 0.0925 e. The second-order valence-electron chi connectivity index (χ2n) is 3.61. The van der Waals surface area contributed by atoms with E-state index in [-0.39, 0.29) is 5.41 Å². The summed E-state index contributed by atoms with van der Waals surface area (Å²) >= 11 is 0. The molecule has 1 rings (SSSR count). The quantitative estimate of drug-likeness (QED) is 0.692. The van der Waals surface area contributed by atoms with Crippen LogP contribution < -0.4 is 0 Å². The van der Waals surface area contributed by atoms with Gasteiger partial charge in [-0.3, -0.25) is 0 Å². The fourth-order valence-electron chi connectivity index (χ4n) is 1.21. The van der Waals surface area contributed by atoms with E-state index in [9.17, 15) is 0 Å². The predicted molar refractivity (Wildman–Crippen MR) is 46.6 cm³/mol. The van der Waals surface area contributed by atoms with Gasteiger partial charge in [0.15, 0.2) is 0 Å². The molecule has 0 aliphatic carbocycles. The number of aromatic nitrogens is 2. The Kier molecular flexibility index (Phi) is 2.03. The maximum absolute atomic E-state index is 4.30. The van der Waals surface area contributed by atoms with E-state index in [4.69, 9.17) is 0 Å². The minimum atomic E-state index is 0.212. The highest BCUT2D eigenvalue weighted by molar-refractivity contribution is 5.18. The van der Waals surface area contributed by atoms with Crippen LogP contribution in [-0.2, 0) is 5.41 Å². The minimum Gasteiger partial charge on any atom is -0.348 e. The van der Waals surface area contributed by atoms with Crippen LogP contribution in [0.5, 0.6) is 0 Å². The van der Waals surface area contributed by atoms with Gasteiger partial charge in [-0.1, -0.05) is 20.8 Å². The van der Waals surface area contributed by atoms with Gasteiger partial charge in [0.1, 0.15) is 0 Å². The fraction of sp³-hybridized carbons (Fsp3) is 0.667. The van der Waals surface area contributed by atoms with Gasteiger partial charge in [0.05, 0.1) is 12.0 Å². The number of aryl methyl sites for hydroxylation is 1. The number of H-pyrrole nitrogens is 1. The topological polar surface area (TPSA) is 28.7 Å². The van der Waals surface area contributed by atoms with Crippen LogP contribution in [0.3, 0.4) is 0 Å². The molecule has 0 radical (unpaired) electrons. The van der Waals surface area contributed by atoms with Crippen LogP contribution in [0.1, 0.15) is 38.6 Å². The monoisotopic (exact) mass is 152 g/mol. The summed E-state index contributed by atoms with van der Waals surface area (Å²) in [5.41, 5.74) is 2.60. The lowest BCUT2D eigenvalue weighted by atomic mass is 9.85. The predicted octanol–water partition coefficient (Wildman–Crippen LogP) is 2.41. The summed E-state index contributed by atoms with van der Waals surface area (Å²) < 4.78 is 0. The standard InChI is InChI=1S/C9H16N2/c1-5-9(3,4)8-7(2)10-6-11-8/h6H,5H2,1-4H3,(H,10,11). The molecule has 0 saturated carbocycles. The molecule has 11 heavy (non-hydrogen) atoms. The molecule has 1 aromatic rings. The zero-order valence-corrected chi connectivity index (χ0v) is 7.73. The van der Waals surface area contributed by atoms with E-state index in [1.54, 1.807) is 6.33 Å². The second-order valence-corrected chi connectivity index (χ2v) is 3.61. The highest BCUT2D eigenvalue weighted by atomic mass is 14.9. The summed E-state index contributed by atoms with van der Waals surface area (Å²) in [4.78, 5) is 7.40. The first-order valence-corrected chi connectivity index (χ1v) is 4.08. The minimum absolute atomic E-state index is 0.212. The van der Waals surface area contributed by atoms with Gasteiger partial charge < -0.3 is 4.98 Å². The van der Waals surface area contributed by atoms with Crippen molar-refractivity contribution >= 4 is 0 Å². The summed E-state index contributed by atoms with van der Waals surface area (Å²) in [5, 5.41) is 0. The molecule has 0 unspecified atom stereocenters. The number of nitrogens with zero attached hydrogens (tertiary/aromatic N) is 1. The highest BCUT2D eigenvalue weighted by Crippen LogP contribution is 2.26. The van der Waals surface area contributed by atoms with Crippen LogP contribution in [0.25, 0.3) is 0 Å². The zero-order chi connectivity index (χ0) is 8.48. The van der Waals surface area contributed by atoms with Gasteiger partial charge >= 0.3 is 0 Å². The average Bonchev–Trinajstić information content (AvgIpc) is 2.36. The molecular weight excluding hydrogens is 136 g/mol. The van der Waals surface area contributed by atoms with Crippen molar-refractivity contribution in [2.24, 2.45) is 0 Å². The van der Waals surface area contributed by atoms with E-state index in [0.29, 0.717) is 0 Å². The molecule has 2 heteroatoms. The molecule has 0 amide bonds. The number of hydrogen-bond acceptors (Lipinski definition) is 1. The van der Waals surface area contributed by atoms with E-state index < -0.39 is 0 Å². The van der Waals surface area contributed by atoms with Gasteiger partial charge in [-0.25, -0.2) is 4.98 Å². The van der Waals surface area contributed by atoms with Crippen molar-refractivity contribution in [3.05, 3.63) is 17.7 Å². The van der Waals surface area contributed by atoms with Crippen molar-refractivity contribution < 1.29 is 0 Å². The molecule has 0 aliphatic heterocycles. The van der Waals surface area contributed by atoms with Crippen LogP contribution in [0, 0.1) is 6.92 Å². The van der Waals surface area contributed by atoms with Crippen molar-refractivity contribution in [2.75, 3.05) is 0 Å². The summed E-state index contributed by atoms with van der Waals surface area (Å²) in [5.74, 6) is 0. The van der Waals surface area contributed by atoms with E-state index in [0.717, 1.165) is 6.42 Å². The van der Waals surface area contributed by atoms with Gasteiger partial charge in [-0.05, 0) is 13.3 Å². The second kappa shape index (κ2) is 2.68. The lowest BCUT2D eigenvalue weighted by Gasteiger charge is -2.20. The molecule has 0 fully saturated rings. The van der Waals surface area contributed by atoms with Crippen LogP contribution in [0.15, 0.2) is 6.33 Å². The Morgan fingerprint density at radius 3 is 2.55 bits per heavy atom. The first-order valence-electron chi connectivity index (χ1n) is 4.08. The molecular formula is C9H16N2. The van der Waals surface area contributed by atoms with Gasteiger partial charge in [0.2, 0.25) is 0 Å².